The SMILES string of the molecule is CCC(=O)Nc1ccc(NC(=S)NC(=O)C(C)(C)C)cc1. The van der Waals surface area contributed by atoms with Crippen LogP contribution in [0.3, 0.4) is 0 Å². The van der Waals surface area contributed by atoms with Crippen molar-refractivity contribution in [3.8, 4) is 0 Å². The summed E-state index contributed by atoms with van der Waals surface area (Å²) in [4.78, 5) is 23.1. The molecule has 0 unspecified atom stereocenters. The normalized spacial score (nSPS) is 10.7. The van der Waals surface area contributed by atoms with Crippen molar-refractivity contribution < 1.29 is 9.59 Å². The molecule has 0 saturated carbocycles. The summed E-state index contributed by atoms with van der Waals surface area (Å²) < 4.78 is 0. The Balaban J connectivity index is 2.58. The average molecular weight is 307 g/mol. The van der Waals surface area contributed by atoms with Crippen LogP contribution in [0.2, 0.25) is 0 Å². The predicted molar refractivity (Wildman–Crippen MR) is 89.2 cm³/mol. The molecule has 0 spiro atoms. The third-order valence-electron chi connectivity index (χ3n) is 2.66. The third kappa shape index (κ3) is 5.91. The van der Waals surface area contributed by atoms with Crippen molar-refractivity contribution >= 4 is 40.5 Å². The molecule has 0 radical (unpaired) electrons. The minimum absolute atomic E-state index is 0.0383. The fourth-order valence-corrected chi connectivity index (χ4v) is 1.55. The number of amides is 2. The Morgan fingerprint density at radius 3 is 1.95 bits per heavy atom. The van der Waals surface area contributed by atoms with Crippen molar-refractivity contribution in [1.82, 2.24) is 5.32 Å². The molecule has 0 fully saturated rings. The predicted octanol–water partition coefficient (Wildman–Crippen LogP) is 2.89. The van der Waals surface area contributed by atoms with Gasteiger partial charge in [-0.2, -0.15) is 0 Å². The molecule has 3 N–H and O–H groups in total. The fourth-order valence-electron chi connectivity index (χ4n) is 1.34. The zero-order valence-corrected chi connectivity index (χ0v) is 13.6. The molecule has 1 rings (SSSR count). The van der Waals surface area contributed by atoms with Gasteiger partial charge in [0.15, 0.2) is 5.11 Å². The van der Waals surface area contributed by atoms with Gasteiger partial charge in [-0.25, -0.2) is 0 Å². The Morgan fingerprint density at radius 1 is 1.05 bits per heavy atom. The molecule has 0 atom stereocenters. The van der Waals surface area contributed by atoms with Crippen LogP contribution in [0.5, 0.6) is 0 Å². The lowest BCUT2D eigenvalue weighted by Crippen LogP contribution is -2.41. The molecule has 6 heteroatoms. The van der Waals surface area contributed by atoms with Crippen molar-refractivity contribution in [2.24, 2.45) is 5.41 Å². The molecule has 0 aliphatic carbocycles. The molecule has 0 aliphatic rings. The second-order valence-corrected chi connectivity index (χ2v) is 6.05. The fraction of sp³-hybridized carbons (Fsp3) is 0.400. The smallest absolute Gasteiger partial charge is 0.231 e. The zero-order valence-electron chi connectivity index (χ0n) is 12.7. The summed E-state index contributed by atoms with van der Waals surface area (Å²) in [6.07, 6.45) is 0.433. The van der Waals surface area contributed by atoms with Crippen LogP contribution in [0.4, 0.5) is 11.4 Å². The molecular formula is C15H21N3O2S. The van der Waals surface area contributed by atoms with Crippen LogP contribution in [0.15, 0.2) is 24.3 Å². The van der Waals surface area contributed by atoms with Gasteiger partial charge in [-0.15, -0.1) is 0 Å². The maximum atomic E-state index is 11.8. The van der Waals surface area contributed by atoms with Crippen LogP contribution >= 0.6 is 12.2 Å². The number of rotatable bonds is 3. The maximum Gasteiger partial charge on any atom is 0.231 e. The van der Waals surface area contributed by atoms with Gasteiger partial charge in [-0.3, -0.25) is 9.59 Å². The van der Waals surface area contributed by atoms with Crippen molar-refractivity contribution in [2.45, 2.75) is 34.1 Å². The first-order valence-electron chi connectivity index (χ1n) is 6.74. The van der Waals surface area contributed by atoms with Crippen molar-refractivity contribution in [2.75, 3.05) is 10.6 Å². The van der Waals surface area contributed by atoms with E-state index in [1.165, 1.54) is 0 Å². The number of hydrogen-bond acceptors (Lipinski definition) is 3. The zero-order chi connectivity index (χ0) is 16.0. The number of anilines is 2. The van der Waals surface area contributed by atoms with E-state index in [0.29, 0.717) is 6.42 Å². The summed E-state index contributed by atoms with van der Waals surface area (Å²) in [5.74, 6) is -0.185. The lowest BCUT2D eigenvalue weighted by atomic mass is 9.96. The maximum absolute atomic E-state index is 11.8. The highest BCUT2D eigenvalue weighted by Crippen LogP contribution is 2.15. The van der Waals surface area contributed by atoms with E-state index < -0.39 is 5.41 Å². The molecule has 1 aromatic rings. The van der Waals surface area contributed by atoms with Crippen LogP contribution in [0.25, 0.3) is 0 Å². The van der Waals surface area contributed by atoms with Crippen molar-refractivity contribution in [3.05, 3.63) is 24.3 Å². The van der Waals surface area contributed by atoms with Crippen LogP contribution < -0.4 is 16.0 Å². The summed E-state index contributed by atoms with van der Waals surface area (Å²) in [6, 6.07) is 7.09. The van der Waals surface area contributed by atoms with Crippen molar-refractivity contribution in [3.63, 3.8) is 0 Å². The highest BCUT2D eigenvalue weighted by atomic mass is 32.1. The summed E-state index contributed by atoms with van der Waals surface area (Å²) >= 11 is 5.09. The highest BCUT2D eigenvalue weighted by Gasteiger charge is 2.21. The van der Waals surface area contributed by atoms with Crippen molar-refractivity contribution in [1.29, 1.82) is 0 Å². The van der Waals surface area contributed by atoms with Gasteiger partial charge in [0.1, 0.15) is 0 Å². The first-order valence-corrected chi connectivity index (χ1v) is 7.15. The van der Waals surface area contributed by atoms with Gasteiger partial charge in [0.25, 0.3) is 0 Å². The lowest BCUT2D eigenvalue weighted by molar-refractivity contribution is -0.126. The molecule has 0 saturated heterocycles. The first-order chi connectivity index (χ1) is 9.72. The summed E-state index contributed by atoms with van der Waals surface area (Å²) in [5, 5.41) is 8.57. The summed E-state index contributed by atoms with van der Waals surface area (Å²) in [5.41, 5.74) is 0.959. The third-order valence-corrected chi connectivity index (χ3v) is 2.86. The second kappa shape index (κ2) is 7.17. The van der Waals surface area contributed by atoms with Gasteiger partial charge in [-0.1, -0.05) is 27.7 Å². The standard InChI is InChI=1S/C15H21N3O2S/c1-5-12(19)16-10-6-8-11(9-7-10)17-14(21)18-13(20)15(2,3)4/h6-9H,5H2,1-4H3,(H,16,19)(H2,17,18,20,21). The highest BCUT2D eigenvalue weighted by molar-refractivity contribution is 7.80. The van der Waals surface area contributed by atoms with E-state index in [9.17, 15) is 9.59 Å². The van der Waals surface area contributed by atoms with Gasteiger partial charge >= 0.3 is 0 Å². The van der Waals surface area contributed by atoms with E-state index in [0.717, 1.165) is 11.4 Å². The van der Waals surface area contributed by atoms with E-state index in [4.69, 9.17) is 12.2 Å². The summed E-state index contributed by atoms with van der Waals surface area (Å²) in [6.45, 7) is 7.24. The van der Waals surface area contributed by atoms with Crippen LogP contribution in [-0.4, -0.2) is 16.9 Å². The number of thiocarbonyl (C=S) groups is 1. The molecule has 0 bridgehead atoms. The van der Waals surface area contributed by atoms with Gasteiger partial charge in [-0.05, 0) is 36.5 Å². The number of benzene rings is 1. The van der Waals surface area contributed by atoms with E-state index in [2.05, 4.69) is 16.0 Å². The van der Waals surface area contributed by atoms with E-state index in [1.54, 1.807) is 31.2 Å². The molecular weight excluding hydrogens is 286 g/mol. The Labute approximate surface area is 130 Å². The lowest BCUT2D eigenvalue weighted by Gasteiger charge is -2.18. The minimum atomic E-state index is -0.500. The van der Waals surface area contributed by atoms with Crippen LogP contribution in [0, 0.1) is 5.41 Å². The Kier molecular flexibility index (Phi) is 5.84. The second-order valence-electron chi connectivity index (χ2n) is 5.64. The summed E-state index contributed by atoms with van der Waals surface area (Å²) in [7, 11) is 0. The largest absolute Gasteiger partial charge is 0.332 e. The molecule has 0 aliphatic heterocycles. The number of carbonyl (C=O) groups is 2. The minimum Gasteiger partial charge on any atom is -0.332 e. The molecule has 5 nitrogen and oxygen atoms in total. The van der Waals surface area contributed by atoms with Crippen LogP contribution in [-0.2, 0) is 9.59 Å². The molecule has 114 valence electrons. The molecule has 21 heavy (non-hydrogen) atoms. The Hall–Kier alpha value is -1.95. The topological polar surface area (TPSA) is 70.2 Å². The molecule has 1 aromatic carbocycles. The molecule has 0 aromatic heterocycles. The average Bonchev–Trinajstić information content (AvgIpc) is 2.39. The van der Waals surface area contributed by atoms with Gasteiger partial charge in [0.05, 0.1) is 0 Å². The van der Waals surface area contributed by atoms with E-state index in [-0.39, 0.29) is 16.9 Å². The number of carbonyl (C=O) groups excluding carboxylic acids is 2. The number of nitrogens with one attached hydrogen (secondary N) is 3. The monoisotopic (exact) mass is 307 g/mol. The molecule has 2 amide bonds. The van der Waals surface area contributed by atoms with Gasteiger partial charge < -0.3 is 16.0 Å². The van der Waals surface area contributed by atoms with E-state index in [1.807, 2.05) is 20.8 Å². The van der Waals surface area contributed by atoms with Crippen LogP contribution in [0.1, 0.15) is 34.1 Å². The van der Waals surface area contributed by atoms with Gasteiger partial charge in [0, 0.05) is 23.2 Å². The van der Waals surface area contributed by atoms with E-state index >= 15 is 0 Å². The number of hydrogen-bond donors (Lipinski definition) is 3. The quantitative estimate of drug-likeness (QED) is 0.751. The Morgan fingerprint density at radius 2 is 1.52 bits per heavy atom. The van der Waals surface area contributed by atoms with Gasteiger partial charge in [0.2, 0.25) is 11.8 Å². The Bertz CT molecular complexity index is 533. The first kappa shape index (κ1) is 17.1. The molecule has 0 heterocycles.